The van der Waals surface area contributed by atoms with Crippen LogP contribution in [-0.4, -0.2) is 58.4 Å². The van der Waals surface area contributed by atoms with E-state index in [1.54, 1.807) is 6.07 Å². The molecule has 0 atom stereocenters. The van der Waals surface area contributed by atoms with Gasteiger partial charge in [-0.1, -0.05) is 37.3 Å². The first-order valence-electron chi connectivity index (χ1n) is 8.81. The number of rotatable bonds is 5. The van der Waals surface area contributed by atoms with Gasteiger partial charge in [0.2, 0.25) is 5.95 Å². The monoisotopic (exact) mass is 339 g/mol. The minimum absolute atomic E-state index is 0.0102. The van der Waals surface area contributed by atoms with Gasteiger partial charge in [-0.25, -0.2) is 9.97 Å². The van der Waals surface area contributed by atoms with Crippen LogP contribution >= 0.6 is 0 Å². The number of nitrogens with one attached hydrogen (secondary N) is 1. The second-order valence-corrected chi connectivity index (χ2v) is 6.28. The molecule has 1 aliphatic rings. The molecule has 25 heavy (non-hydrogen) atoms. The lowest BCUT2D eigenvalue weighted by Gasteiger charge is -2.33. The molecule has 1 aliphatic heterocycles. The number of carbonyl (C=O) groups excluding carboxylic acids is 1. The van der Waals surface area contributed by atoms with Crippen LogP contribution in [0.5, 0.6) is 0 Å². The molecule has 1 fully saturated rings. The SMILES string of the molecule is CCN1CCN(C(=O)c2cc(C)nc(NCc3ccccc3)n2)CC1. The fourth-order valence-corrected chi connectivity index (χ4v) is 2.96. The molecule has 1 N–H and O–H groups in total. The van der Waals surface area contributed by atoms with E-state index in [0.717, 1.165) is 44.0 Å². The van der Waals surface area contributed by atoms with E-state index in [-0.39, 0.29) is 5.91 Å². The fraction of sp³-hybridized carbons (Fsp3) is 0.421. The van der Waals surface area contributed by atoms with Crippen LogP contribution in [0.4, 0.5) is 5.95 Å². The second-order valence-electron chi connectivity index (χ2n) is 6.28. The summed E-state index contributed by atoms with van der Waals surface area (Å²) in [6, 6.07) is 11.8. The van der Waals surface area contributed by atoms with Gasteiger partial charge in [0.05, 0.1) is 0 Å². The maximum atomic E-state index is 12.8. The first-order chi connectivity index (χ1) is 12.2. The third kappa shape index (κ3) is 4.54. The Bertz CT molecular complexity index is 711. The molecule has 0 saturated carbocycles. The Labute approximate surface area is 148 Å². The number of aromatic nitrogens is 2. The third-order valence-electron chi connectivity index (χ3n) is 4.47. The van der Waals surface area contributed by atoms with E-state index in [9.17, 15) is 4.79 Å². The minimum atomic E-state index is -0.0102. The lowest BCUT2D eigenvalue weighted by atomic mass is 10.2. The van der Waals surface area contributed by atoms with Crippen molar-refractivity contribution in [2.75, 3.05) is 38.0 Å². The molecule has 0 radical (unpaired) electrons. The number of aryl methyl sites for hydroxylation is 1. The zero-order valence-corrected chi connectivity index (χ0v) is 14.9. The van der Waals surface area contributed by atoms with Gasteiger partial charge in [0.15, 0.2) is 0 Å². The highest BCUT2D eigenvalue weighted by atomic mass is 16.2. The molecule has 132 valence electrons. The lowest BCUT2D eigenvalue weighted by Crippen LogP contribution is -2.48. The molecule has 6 heteroatoms. The van der Waals surface area contributed by atoms with Crippen molar-refractivity contribution in [3.63, 3.8) is 0 Å². The van der Waals surface area contributed by atoms with Crippen molar-refractivity contribution < 1.29 is 4.79 Å². The van der Waals surface area contributed by atoms with E-state index < -0.39 is 0 Å². The number of anilines is 1. The summed E-state index contributed by atoms with van der Waals surface area (Å²) >= 11 is 0. The average Bonchev–Trinajstić information content (AvgIpc) is 2.66. The van der Waals surface area contributed by atoms with Gasteiger partial charge in [-0.2, -0.15) is 0 Å². The molecule has 6 nitrogen and oxygen atoms in total. The molecule has 2 heterocycles. The van der Waals surface area contributed by atoms with Crippen molar-refractivity contribution >= 4 is 11.9 Å². The van der Waals surface area contributed by atoms with E-state index >= 15 is 0 Å². The molecule has 0 unspecified atom stereocenters. The van der Waals surface area contributed by atoms with Crippen LogP contribution < -0.4 is 5.32 Å². The van der Waals surface area contributed by atoms with E-state index in [1.165, 1.54) is 0 Å². The van der Waals surface area contributed by atoms with E-state index in [2.05, 4.69) is 27.1 Å². The summed E-state index contributed by atoms with van der Waals surface area (Å²) in [6.07, 6.45) is 0. The highest BCUT2D eigenvalue weighted by Gasteiger charge is 2.23. The van der Waals surface area contributed by atoms with Crippen LogP contribution in [0, 0.1) is 6.92 Å². The van der Waals surface area contributed by atoms with Crippen molar-refractivity contribution in [3.8, 4) is 0 Å². The number of carbonyl (C=O) groups is 1. The molecule has 0 spiro atoms. The van der Waals surface area contributed by atoms with Gasteiger partial charge in [-0.05, 0) is 25.1 Å². The second kappa shape index (κ2) is 8.07. The fourth-order valence-electron chi connectivity index (χ4n) is 2.96. The first-order valence-corrected chi connectivity index (χ1v) is 8.81. The van der Waals surface area contributed by atoms with Crippen LogP contribution in [0.1, 0.15) is 28.7 Å². The molecular weight excluding hydrogens is 314 g/mol. The quantitative estimate of drug-likeness (QED) is 0.905. The molecule has 1 aromatic heterocycles. The van der Waals surface area contributed by atoms with Crippen LogP contribution in [0.25, 0.3) is 0 Å². The minimum Gasteiger partial charge on any atom is -0.350 e. The van der Waals surface area contributed by atoms with E-state index in [1.807, 2.05) is 42.2 Å². The number of piperazine rings is 1. The Hall–Kier alpha value is -2.47. The molecule has 1 saturated heterocycles. The Kier molecular flexibility index (Phi) is 5.60. The predicted octanol–water partition coefficient (Wildman–Crippen LogP) is 2.17. The number of hydrogen-bond donors (Lipinski definition) is 1. The van der Waals surface area contributed by atoms with E-state index in [0.29, 0.717) is 18.2 Å². The van der Waals surface area contributed by atoms with Gasteiger partial charge in [-0.15, -0.1) is 0 Å². The Morgan fingerprint density at radius 2 is 1.84 bits per heavy atom. The van der Waals surface area contributed by atoms with Gasteiger partial charge in [0.1, 0.15) is 5.69 Å². The van der Waals surface area contributed by atoms with Crippen molar-refractivity contribution in [1.29, 1.82) is 0 Å². The van der Waals surface area contributed by atoms with E-state index in [4.69, 9.17) is 0 Å². The normalized spacial score (nSPS) is 15.2. The molecule has 1 aromatic carbocycles. The zero-order valence-electron chi connectivity index (χ0n) is 14.9. The maximum absolute atomic E-state index is 12.8. The Balaban J connectivity index is 1.67. The molecule has 2 aromatic rings. The van der Waals surface area contributed by atoms with Crippen LogP contribution in [0.2, 0.25) is 0 Å². The summed E-state index contributed by atoms with van der Waals surface area (Å²) in [5.41, 5.74) is 2.41. The van der Waals surface area contributed by atoms with Gasteiger partial charge in [0, 0.05) is 38.4 Å². The standard InChI is InChI=1S/C19H25N5O/c1-3-23-9-11-24(12-10-23)18(25)17-13-15(2)21-19(22-17)20-14-16-7-5-4-6-8-16/h4-8,13H,3,9-12,14H2,1-2H3,(H,20,21,22). The van der Waals surface area contributed by atoms with Crippen molar-refractivity contribution in [3.05, 3.63) is 53.3 Å². The summed E-state index contributed by atoms with van der Waals surface area (Å²) in [6.45, 7) is 9.05. The zero-order chi connectivity index (χ0) is 17.6. The van der Waals surface area contributed by atoms with Gasteiger partial charge in [-0.3, -0.25) is 4.79 Å². The topological polar surface area (TPSA) is 61.4 Å². The van der Waals surface area contributed by atoms with Crippen molar-refractivity contribution in [2.24, 2.45) is 0 Å². The lowest BCUT2D eigenvalue weighted by molar-refractivity contribution is 0.0637. The Morgan fingerprint density at radius 1 is 1.12 bits per heavy atom. The first kappa shape index (κ1) is 17.4. The third-order valence-corrected chi connectivity index (χ3v) is 4.47. The molecule has 1 amide bonds. The predicted molar refractivity (Wildman–Crippen MR) is 98.6 cm³/mol. The van der Waals surface area contributed by atoms with Crippen LogP contribution in [0.15, 0.2) is 36.4 Å². The highest BCUT2D eigenvalue weighted by molar-refractivity contribution is 5.92. The number of nitrogens with zero attached hydrogens (tertiary/aromatic N) is 4. The number of likely N-dealkylation sites (N-methyl/N-ethyl adjacent to an activating group) is 1. The summed E-state index contributed by atoms with van der Waals surface area (Å²) in [4.78, 5) is 25.8. The highest BCUT2D eigenvalue weighted by Crippen LogP contribution is 2.11. The Morgan fingerprint density at radius 3 is 2.52 bits per heavy atom. The summed E-state index contributed by atoms with van der Waals surface area (Å²) in [5.74, 6) is 0.489. The summed E-state index contributed by atoms with van der Waals surface area (Å²) in [5, 5.41) is 3.21. The molecular formula is C19H25N5O. The van der Waals surface area contributed by atoms with Crippen LogP contribution in [0.3, 0.4) is 0 Å². The summed E-state index contributed by atoms with van der Waals surface area (Å²) < 4.78 is 0. The number of hydrogen-bond acceptors (Lipinski definition) is 5. The smallest absolute Gasteiger partial charge is 0.272 e. The largest absolute Gasteiger partial charge is 0.350 e. The summed E-state index contributed by atoms with van der Waals surface area (Å²) in [7, 11) is 0. The van der Waals surface area contributed by atoms with Gasteiger partial charge in [0.25, 0.3) is 5.91 Å². The number of amides is 1. The molecule has 3 rings (SSSR count). The molecule has 0 bridgehead atoms. The number of benzene rings is 1. The van der Waals surface area contributed by atoms with Crippen LogP contribution in [-0.2, 0) is 6.54 Å². The average molecular weight is 339 g/mol. The van der Waals surface area contributed by atoms with Gasteiger partial charge >= 0.3 is 0 Å². The van der Waals surface area contributed by atoms with Crippen molar-refractivity contribution in [2.45, 2.75) is 20.4 Å². The molecule has 0 aliphatic carbocycles. The van der Waals surface area contributed by atoms with Gasteiger partial charge < -0.3 is 15.1 Å². The van der Waals surface area contributed by atoms with Crippen molar-refractivity contribution in [1.82, 2.24) is 19.8 Å². The maximum Gasteiger partial charge on any atom is 0.272 e.